The molecule has 1 N–H and O–H groups in total. The maximum atomic E-state index is 13.8. The van der Waals surface area contributed by atoms with Crippen LogP contribution in [0, 0.1) is 0 Å². The van der Waals surface area contributed by atoms with Gasteiger partial charge in [-0.05, 0) is 48.1 Å². The van der Waals surface area contributed by atoms with E-state index in [2.05, 4.69) is 5.32 Å². The molecule has 6 heteroatoms. The lowest BCUT2D eigenvalue weighted by Crippen LogP contribution is -2.53. The third-order valence-corrected chi connectivity index (χ3v) is 7.64. The number of hydrogen-bond donors (Lipinski definition) is 1. The van der Waals surface area contributed by atoms with Crippen LogP contribution in [0.2, 0.25) is 10.0 Å². The van der Waals surface area contributed by atoms with Crippen LogP contribution in [0.1, 0.15) is 55.2 Å². The normalized spacial score (nSPS) is 14.6. The van der Waals surface area contributed by atoms with Crippen LogP contribution >= 0.6 is 23.2 Å². The highest BCUT2D eigenvalue weighted by Crippen LogP contribution is 2.25. The molecule has 1 aliphatic rings. The van der Waals surface area contributed by atoms with Crippen LogP contribution in [0.15, 0.2) is 78.9 Å². The van der Waals surface area contributed by atoms with Gasteiger partial charge in [0.15, 0.2) is 0 Å². The number of benzene rings is 3. The predicted octanol–water partition coefficient (Wildman–Crippen LogP) is 7.02. The summed E-state index contributed by atoms with van der Waals surface area (Å²) in [6.45, 7) is 0.235. The van der Waals surface area contributed by atoms with Crippen LogP contribution in [0.4, 0.5) is 0 Å². The Hall–Kier alpha value is -2.82. The molecule has 1 saturated carbocycles. The molecule has 0 aromatic heterocycles. The van der Waals surface area contributed by atoms with E-state index < -0.39 is 6.04 Å². The van der Waals surface area contributed by atoms with E-state index >= 15 is 0 Å². The number of hydrogen-bond acceptors (Lipinski definition) is 2. The van der Waals surface area contributed by atoms with Crippen molar-refractivity contribution in [1.82, 2.24) is 10.2 Å². The fraction of sp³-hybridized carbons (Fsp3) is 0.355. The predicted molar refractivity (Wildman–Crippen MR) is 151 cm³/mol. The van der Waals surface area contributed by atoms with Gasteiger partial charge in [-0.2, -0.15) is 0 Å². The summed E-state index contributed by atoms with van der Waals surface area (Å²) < 4.78 is 0. The first-order valence-corrected chi connectivity index (χ1v) is 13.9. The lowest BCUT2D eigenvalue weighted by Gasteiger charge is -2.34. The van der Waals surface area contributed by atoms with Crippen LogP contribution in [0.5, 0.6) is 0 Å². The number of halogens is 2. The maximum Gasteiger partial charge on any atom is 0.243 e. The van der Waals surface area contributed by atoms with E-state index in [0.29, 0.717) is 29.3 Å². The fourth-order valence-electron chi connectivity index (χ4n) is 4.97. The van der Waals surface area contributed by atoms with Crippen molar-refractivity contribution in [2.75, 3.05) is 0 Å². The molecule has 4 rings (SSSR count). The Morgan fingerprint density at radius 2 is 1.51 bits per heavy atom. The maximum absolute atomic E-state index is 13.8. The van der Waals surface area contributed by atoms with Gasteiger partial charge < -0.3 is 10.2 Å². The molecule has 0 radical (unpaired) electrons. The number of nitrogens with one attached hydrogen (secondary N) is 1. The molecular weight excluding hydrogens is 503 g/mol. The van der Waals surface area contributed by atoms with E-state index in [0.717, 1.165) is 42.4 Å². The van der Waals surface area contributed by atoms with E-state index in [1.165, 1.54) is 6.42 Å². The third-order valence-electron chi connectivity index (χ3n) is 7.05. The first-order valence-electron chi connectivity index (χ1n) is 13.1. The largest absolute Gasteiger partial charge is 0.352 e. The summed E-state index contributed by atoms with van der Waals surface area (Å²) in [6, 6.07) is 24.6. The Morgan fingerprint density at radius 1 is 0.865 bits per heavy atom. The second kappa shape index (κ2) is 13.6. The van der Waals surface area contributed by atoms with Gasteiger partial charge in [-0.25, -0.2) is 0 Å². The van der Waals surface area contributed by atoms with Gasteiger partial charge in [0, 0.05) is 35.5 Å². The van der Waals surface area contributed by atoms with Crippen LogP contribution in [-0.4, -0.2) is 28.8 Å². The lowest BCUT2D eigenvalue weighted by atomic mass is 9.94. The first kappa shape index (κ1) is 27.2. The van der Waals surface area contributed by atoms with Gasteiger partial charge in [-0.15, -0.1) is 0 Å². The van der Waals surface area contributed by atoms with Crippen molar-refractivity contribution in [1.29, 1.82) is 0 Å². The van der Waals surface area contributed by atoms with Crippen molar-refractivity contribution >= 4 is 35.0 Å². The number of aryl methyl sites for hydroxylation is 1. The molecule has 0 bridgehead atoms. The monoisotopic (exact) mass is 536 g/mol. The van der Waals surface area contributed by atoms with E-state index in [1.807, 2.05) is 66.7 Å². The fourth-order valence-corrected chi connectivity index (χ4v) is 5.44. The van der Waals surface area contributed by atoms with Gasteiger partial charge in [-0.3, -0.25) is 9.59 Å². The van der Waals surface area contributed by atoms with Crippen LogP contribution in [0.25, 0.3) is 0 Å². The standard InChI is InChI=1S/C31H34Cl2N2O2/c32-26-18-17-25(28(33)21-26)22-35(30(36)19-16-23-10-4-1-5-11-23)29(20-24-12-6-2-7-13-24)31(37)34-27-14-8-3-9-15-27/h1-2,4-7,10-13,17-18,21,27,29H,3,8-9,14-16,19-20,22H2,(H,34,37)/t29-/m0/s1. The van der Waals surface area contributed by atoms with Gasteiger partial charge in [0.1, 0.15) is 6.04 Å². The van der Waals surface area contributed by atoms with Crippen LogP contribution in [-0.2, 0) is 29.0 Å². The van der Waals surface area contributed by atoms with Crippen molar-refractivity contribution in [3.63, 3.8) is 0 Å². The zero-order valence-corrected chi connectivity index (χ0v) is 22.6. The lowest BCUT2D eigenvalue weighted by molar-refractivity contribution is -0.141. The summed E-state index contributed by atoms with van der Waals surface area (Å²) in [5, 5.41) is 4.29. The number of nitrogens with zero attached hydrogens (tertiary/aromatic N) is 1. The summed E-state index contributed by atoms with van der Waals surface area (Å²) >= 11 is 12.7. The Labute approximate surface area is 230 Å². The molecule has 0 spiro atoms. The number of rotatable bonds is 10. The number of amides is 2. The van der Waals surface area contributed by atoms with Crippen molar-refractivity contribution in [2.24, 2.45) is 0 Å². The summed E-state index contributed by atoms with van der Waals surface area (Å²) in [5.41, 5.74) is 2.86. The second-order valence-electron chi connectivity index (χ2n) is 9.79. The smallest absolute Gasteiger partial charge is 0.243 e. The quantitative estimate of drug-likeness (QED) is 0.302. The van der Waals surface area contributed by atoms with Crippen molar-refractivity contribution in [3.8, 4) is 0 Å². The van der Waals surface area contributed by atoms with Gasteiger partial charge in [0.05, 0.1) is 0 Å². The minimum Gasteiger partial charge on any atom is -0.352 e. The Kier molecular flexibility index (Phi) is 10.0. The average Bonchev–Trinajstić information content (AvgIpc) is 2.92. The molecule has 4 nitrogen and oxygen atoms in total. The van der Waals surface area contributed by atoms with Gasteiger partial charge in [0.25, 0.3) is 0 Å². The zero-order chi connectivity index (χ0) is 26.0. The SMILES string of the molecule is O=C(NC1CCCCC1)[C@H](Cc1ccccc1)N(Cc1ccc(Cl)cc1Cl)C(=O)CCc1ccccc1. The van der Waals surface area contributed by atoms with Crippen molar-refractivity contribution in [3.05, 3.63) is 106 Å². The van der Waals surface area contributed by atoms with E-state index in [-0.39, 0.29) is 24.4 Å². The summed E-state index contributed by atoms with van der Waals surface area (Å²) in [6.07, 6.45) is 6.75. The molecule has 1 atom stereocenters. The van der Waals surface area contributed by atoms with Gasteiger partial charge in [0.2, 0.25) is 11.8 Å². The molecular formula is C31H34Cl2N2O2. The molecule has 3 aromatic rings. The van der Waals surface area contributed by atoms with Gasteiger partial charge in [-0.1, -0.05) is 109 Å². The molecule has 0 aliphatic heterocycles. The third kappa shape index (κ3) is 8.08. The summed E-state index contributed by atoms with van der Waals surface area (Å²) in [4.78, 5) is 29.3. The molecule has 1 fully saturated rings. The molecule has 1 aliphatic carbocycles. The van der Waals surface area contributed by atoms with E-state index in [9.17, 15) is 9.59 Å². The molecule has 2 amide bonds. The molecule has 0 heterocycles. The highest BCUT2D eigenvalue weighted by atomic mass is 35.5. The van der Waals surface area contributed by atoms with Crippen LogP contribution in [0.3, 0.4) is 0 Å². The second-order valence-corrected chi connectivity index (χ2v) is 10.6. The molecule has 194 valence electrons. The highest BCUT2D eigenvalue weighted by molar-refractivity contribution is 6.35. The minimum absolute atomic E-state index is 0.0744. The highest BCUT2D eigenvalue weighted by Gasteiger charge is 2.32. The van der Waals surface area contributed by atoms with Crippen molar-refractivity contribution < 1.29 is 9.59 Å². The average molecular weight is 538 g/mol. The Morgan fingerprint density at radius 3 is 2.16 bits per heavy atom. The van der Waals surface area contributed by atoms with Gasteiger partial charge >= 0.3 is 0 Å². The van der Waals surface area contributed by atoms with E-state index in [1.54, 1.807) is 17.0 Å². The molecule has 3 aromatic carbocycles. The van der Waals surface area contributed by atoms with E-state index in [4.69, 9.17) is 23.2 Å². The van der Waals surface area contributed by atoms with Crippen molar-refractivity contribution in [2.45, 2.75) is 70.0 Å². The van der Waals surface area contributed by atoms with Crippen LogP contribution < -0.4 is 5.32 Å². The minimum atomic E-state index is -0.653. The number of carbonyl (C=O) groups excluding carboxylic acids is 2. The molecule has 0 unspecified atom stereocenters. The zero-order valence-electron chi connectivity index (χ0n) is 21.0. The summed E-state index contributed by atoms with van der Waals surface area (Å²) in [5.74, 6) is -0.177. The molecule has 37 heavy (non-hydrogen) atoms. The Balaban J connectivity index is 1.63. The summed E-state index contributed by atoms with van der Waals surface area (Å²) in [7, 11) is 0. The Bertz CT molecular complexity index is 1160. The first-order chi connectivity index (χ1) is 18.0. The topological polar surface area (TPSA) is 49.4 Å². The number of carbonyl (C=O) groups is 2. The molecule has 0 saturated heterocycles.